The van der Waals surface area contributed by atoms with Crippen LogP contribution in [0.15, 0.2) is 30.5 Å². The summed E-state index contributed by atoms with van der Waals surface area (Å²) in [5, 5.41) is 3.48. The van der Waals surface area contributed by atoms with Crippen molar-refractivity contribution in [2.24, 2.45) is 5.41 Å². The molecular formula is C25H33N4O6+. The number of benzene rings is 1. The van der Waals surface area contributed by atoms with Crippen molar-refractivity contribution < 1.29 is 33.4 Å². The van der Waals surface area contributed by atoms with Crippen LogP contribution < -0.4 is 5.32 Å². The molecule has 1 aromatic heterocycles. The largest absolute Gasteiger partial charge is 0.461 e. The molecule has 1 amide bonds. The van der Waals surface area contributed by atoms with Gasteiger partial charge in [-0.05, 0) is 52.7 Å². The summed E-state index contributed by atoms with van der Waals surface area (Å²) in [6.07, 6.45) is 0.809. The summed E-state index contributed by atoms with van der Waals surface area (Å²) in [5.74, 6) is -2.43. The molecule has 1 heterocycles. The van der Waals surface area contributed by atoms with Crippen molar-refractivity contribution in [2.75, 3.05) is 0 Å². The number of amides is 1. The number of hydrogen-bond donors (Lipinski definition) is 3. The standard InChI is InChI=1S/C25H32N4O6/c1-15(2)34-23(32)20(11-10-17(30)14-28-26)29-22(31)21(35-24(33)25(3,4)5)12-16-13-27-19-9-7-6-8-18(16)19/h6-9,13-15,20-21,26-27H,10-12H2,1-5H3/p+1/t20-,21-/m0/s1. The third-order valence-electron chi connectivity index (χ3n) is 5.08. The number of carbonyl (C=O) groups excluding carboxylic acids is 4. The van der Waals surface area contributed by atoms with Crippen molar-refractivity contribution >= 4 is 40.7 Å². The number of para-hydroxylation sites is 1. The minimum absolute atomic E-state index is 0.0603. The van der Waals surface area contributed by atoms with Crippen LogP contribution in [0.4, 0.5) is 0 Å². The molecule has 0 fully saturated rings. The zero-order valence-electron chi connectivity index (χ0n) is 20.7. The molecule has 1 aromatic carbocycles. The van der Waals surface area contributed by atoms with Crippen LogP contribution in [-0.2, 0) is 35.1 Å². The fourth-order valence-corrected chi connectivity index (χ4v) is 3.25. The summed E-state index contributed by atoms with van der Waals surface area (Å²) in [6.45, 7) is 8.37. The van der Waals surface area contributed by atoms with Gasteiger partial charge in [0.15, 0.2) is 6.10 Å². The quantitative estimate of drug-likeness (QED) is 0.193. The van der Waals surface area contributed by atoms with Crippen molar-refractivity contribution in [3.63, 3.8) is 0 Å². The molecule has 0 spiro atoms. The van der Waals surface area contributed by atoms with Gasteiger partial charge in [-0.1, -0.05) is 18.2 Å². The van der Waals surface area contributed by atoms with Gasteiger partial charge in [-0.25, -0.2) is 4.79 Å². The molecule has 2 atom stereocenters. The molecule has 188 valence electrons. The van der Waals surface area contributed by atoms with Gasteiger partial charge in [-0.2, -0.15) is 0 Å². The highest BCUT2D eigenvalue weighted by molar-refractivity contribution is 6.25. The van der Waals surface area contributed by atoms with Crippen molar-refractivity contribution in [1.82, 2.24) is 10.3 Å². The van der Waals surface area contributed by atoms with E-state index in [0.717, 1.165) is 22.7 Å². The van der Waals surface area contributed by atoms with Gasteiger partial charge in [0.25, 0.3) is 5.91 Å². The van der Waals surface area contributed by atoms with Crippen molar-refractivity contribution in [2.45, 2.75) is 72.1 Å². The molecule has 0 bridgehead atoms. The molecule has 35 heavy (non-hydrogen) atoms. The number of hydrogen-bond acceptors (Lipinski definition) is 7. The number of esters is 2. The monoisotopic (exact) mass is 485 g/mol. The molecule has 2 aromatic rings. The lowest BCUT2D eigenvalue weighted by molar-refractivity contribution is -0.164. The number of fused-ring (bicyclic) bond motifs is 1. The maximum atomic E-state index is 13.3. The Morgan fingerprint density at radius 1 is 1.14 bits per heavy atom. The predicted molar refractivity (Wildman–Crippen MR) is 128 cm³/mol. The van der Waals surface area contributed by atoms with Gasteiger partial charge in [0, 0.05) is 29.9 Å². The maximum Gasteiger partial charge on any atom is 0.372 e. The Balaban J connectivity index is 2.29. The SMILES string of the molecule is CC(C)OC(=O)[C@H](CCC(=O)C=[N+]=N)NC(=O)[C@H](Cc1c[nH]c2ccccc12)OC(=O)C(C)(C)C. The van der Waals surface area contributed by atoms with Crippen molar-refractivity contribution in [3.8, 4) is 0 Å². The third kappa shape index (κ3) is 8.19. The Hall–Kier alpha value is -3.78. The summed E-state index contributed by atoms with van der Waals surface area (Å²) in [6, 6.07) is 6.38. The number of rotatable bonds is 11. The van der Waals surface area contributed by atoms with Crippen LogP contribution in [0.1, 0.15) is 53.0 Å². The Morgan fingerprint density at radius 3 is 2.46 bits per heavy atom. The van der Waals surface area contributed by atoms with Gasteiger partial charge < -0.3 is 19.8 Å². The first-order valence-electron chi connectivity index (χ1n) is 11.4. The van der Waals surface area contributed by atoms with Gasteiger partial charge in [0.1, 0.15) is 6.04 Å². The number of nitrogens with one attached hydrogen (secondary N) is 3. The van der Waals surface area contributed by atoms with E-state index in [4.69, 9.17) is 15.0 Å². The van der Waals surface area contributed by atoms with Crippen LogP contribution in [0.25, 0.3) is 10.9 Å². The van der Waals surface area contributed by atoms with E-state index in [2.05, 4.69) is 15.1 Å². The average molecular weight is 486 g/mol. The van der Waals surface area contributed by atoms with E-state index in [1.165, 1.54) is 0 Å². The highest BCUT2D eigenvalue weighted by Gasteiger charge is 2.33. The van der Waals surface area contributed by atoms with Crippen LogP contribution in [-0.4, -0.2) is 57.9 Å². The van der Waals surface area contributed by atoms with Crippen LogP contribution in [0, 0.1) is 10.9 Å². The van der Waals surface area contributed by atoms with Crippen LogP contribution in [0.3, 0.4) is 0 Å². The van der Waals surface area contributed by atoms with E-state index in [-0.39, 0.29) is 19.3 Å². The molecule has 0 aliphatic carbocycles. The fourth-order valence-electron chi connectivity index (χ4n) is 3.25. The molecule has 0 unspecified atom stereocenters. The highest BCUT2D eigenvalue weighted by Crippen LogP contribution is 2.22. The second-order valence-corrected chi connectivity index (χ2v) is 9.52. The van der Waals surface area contributed by atoms with Gasteiger partial charge in [-0.15, -0.1) is 0 Å². The minimum Gasteiger partial charge on any atom is -0.461 e. The molecule has 0 saturated heterocycles. The highest BCUT2D eigenvalue weighted by atomic mass is 16.6. The lowest BCUT2D eigenvalue weighted by atomic mass is 9.97. The Kier molecular flexibility index (Phi) is 9.48. The summed E-state index contributed by atoms with van der Waals surface area (Å²) < 4.78 is 10.8. The van der Waals surface area contributed by atoms with Gasteiger partial charge in [0.2, 0.25) is 5.78 Å². The normalized spacial score (nSPS) is 13.0. The molecule has 10 nitrogen and oxygen atoms in total. The van der Waals surface area contributed by atoms with Crippen molar-refractivity contribution in [1.29, 1.82) is 5.53 Å². The van der Waals surface area contributed by atoms with E-state index in [1.54, 1.807) is 40.8 Å². The second kappa shape index (κ2) is 12.1. The molecule has 0 aliphatic rings. The fraction of sp³-hybridized carbons (Fsp3) is 0.480. The zero-order valence-corrected chi connectivity index (χ0v) is 20.7. The van der Waals surface area contributed by atoms with Gasteiger partial charge in [0.05, 0.1) is 21.8 Å². The smallest absolute Gasteiger partial charge is 0.372 e. The number of aromatic nitrogens is 1. The lowest BCUT2D eigenvalue weighted by Gasteiger charge is -2.25. The molecule has 10 heteroatoms. The summed E-state index contributed by atoms with van der Waals surface area (Å²) in [7, 11) is 0. The molecule has 3 N–H and O–H groups in total. The lowest BCUT2D eigenvalue weighted by Crippen LogP contribution is -2.49. The number of aromatic amines is 1. The second-order valence-electron chi connectivity index (χ2n) is 9.52. The number of Topliss-reactive ketones (excluding diaryl/α,β-unsaturated/α-hetero) is 1. The molecule has 0 aliphatic heterocycles. The van der Waals surface area contributed by atoms with E-state index >= 15 is 0 Å². The minimum atomic E-state index is -1.22. The van der Waals surface area contributed by atoms with Crippen LogP contribution in [0.5, 0.6) is 0 Å². The zero-order chi connectivity index (χ0) is 26.2. The Morgan fingerprint density at radius 2 is 1.83 bits per heavy atom. The summed E-state index contributed by atoms with van der Waals surface area (Å²) >= 11 is 0. The summed E-state index contributed by atoms with van der Waals surface area (Å²) in [4.78, 5) is 56.4. The molecule has 0 radical (unpaired) electrons. The first-order chi connectivity index (χ1) is 16.4. The van der Waals surface area contributed by atoms with Crippen LogP contribution >= 0.6 is 0 Å². The number of H-pyrrole nitrogens is 1. The molecule has 0 saturated carbocycles. The maximum absolute atomic E-state index is 13.3. The molecule has 2 rings (SSSR count). The van der Waals surface area contributed by atoms with Gasteiger partial charge in [-0.3, -0.25) is 14.4 Å². The van der Waals surface area contributed by atoms with Crippen LogP contribution in [0.2, 0.25) is 0 Å². The first-order valence-corrected chi connectivity index (χ1v) is 11.4. The van der Waals surface area contributed by atoms with E-state index < -0.39 is 47.3 Å². The number of carbonyl (C=O) groups is 4. The first kappa shape index (κ1) is 27.5. The summed E-state index contributed by atoms with van der Waals surface area (Å²) in [5.41, 5.74) is 7.56. The Labute approximate surface area is 204 Å². The molecular weight excluding hydrogens is 452 g/mol. The van der Waals surface area contributed by atoms with E-state index in [9.17, 15) is 19.2 Å². The number of ether oxygens (including phenoxy) is 2. The topological polar surface area (TPSA) is 153 Å². The number of nitrogens with zero attached hydrogens (tertiary/aromatic N) is 1. The third-order valence-corrected chi connectivity index (χ3v) is 5.08. The van der Waals surface area contributed by atoms with Crippen molar-refractivity contribution in [3.05, 3.63) is 36.0 Å². The van der Waals surface area contributed by atoms with Gasteiger partial charge >= 0.3 is 18.2 Å². The van der Waals surface area contributed by atoms with E-state index in [0.29, 0.717) is 0 Å². The average Bonchev–Trinajstić information content (AvgIpc) is 3.17. The predicted octanol–water partition coefficient (Wildman–Crippen LogP) is 2.76. The Bertz CT molecular complexity index is 1120. The number of ketones is 1. The van der Waals surface area contributed by atoms with E-state index in [1.807, 2.05) is 24.3 Å².